The lowest BCUT2D eigenvalue weighted by Gasteiger charge is -2.22. The molecule has 0 atom stereocenters. The maximum Gasteiger partial charge on any atom is 0.253 e. The minimum atomic E-state index is -0.612. The van der Waals surface area contributed by atoms with Crippen molar-refractivity contribution in [2.75, 3.05) is 0 Å². The molecule has 2 aromatic rings. The summed E-state index contributed by atoms with van der Waals surface area (Å²) in [5.74, 6) is -1.11. The highest BCUT2D eigenvalue weighted by Gasteiger charge is 2.24. The van der Waals surface area contributed by atoms with Crippen molar-refractivity contribution in [1.82, 2.24) is 4.57 Å². The first-order chi connectivity index (χ1) is 11.1. The van der Waals surface area contributed by atoms with Crippen molar-refractivity contribution in [2.24, 2.45) is 0 Å². The largest absolute Gasteiger partial charge is 0.315 e. The van der Waals surface area contributed by atoms with Crippen molar-refractivity contribution in [1.29, 1.82) is 0 Å². The Bertz CT molecular complexity index is 806. The van der Waals surface area contributed by atoms with Crippen LogP contribution in [0, 0.1) is 25.5 Å². The van der Waals surface area contributed by atoms with Gasteiger partial charge in [-0.05, 0) is 48.9 Å². The van der Waals surface area contributed by atoms with Crippen LogP contribution in [0.5, 0.6) is 0 Å². The van der Waals surface area contributed by atoms with Gasteiger partial charge < -0.3 is 4.57 Å². The highest BCUT2D eigenvalue weighted by molar-refractivity contribution is 5.68. The van der Waals surface area contributed by atoms with Crippen molar-refractivity contribution in [3.05, 3.63) is 57.0 Å². The number of aromatic nitrogens is 1. The maximum absolute atomic E-state index is 14.5. The van der Waals surface area contributed by atoms with Crippen molar-refractivity contribution < 1.29 is 8.78 Å². The van der Waals surface area contributed by atoms with Gasteiger partial charge in [-0.2, -0.15) is 0 Å². The van der Waals surface area contributed by atoms with Gasteiger partial charge in [0.05, 0.1) is 0 Å². The average molecular weight is 333 g/mol. The SMILES string of the molecule is CCCn1cc(-c2cc(F)c(C(C)(C)C)c(F)c2)c(C)c(C)c1=O. The van der Waals surface area contributed by atoms with Crippen molar-refractivity contribution in [3.8, 4) is 11.1 Å². The van der Waals surface area contributed by atoms with E-state index in [2.05, 4.69) is 0 Å². The van der Waals surface area contributed by atoms with Crippen molar-refractivity contribution >= 4 is 0 Å². The van der Waals surface area contributed by atoms with E-state index in [4.69, 9.17) is 0 Å². The zero-order valence-corrected chi connectivity index (χ0v) is 15.3. The predicted molar refractivity (Wildman–Crippen MR) is 94.5 cm³/mol. The number of halogens is 2. The number of hydrogen-bond acceptors (Lipinski definition) is 1. The molecule has 2 rings (SSSR count). The van der Waals surface area contributed by atoms with Crippen LogP contribution in [0.4, 0.5) is 8.78 Å². The van der Waals surface area contributed by atoms with E-state index < -0.39 is 17.0 Å². The van der Waals surface area contributed by atoms with E-state index in [9.17, 15) is 13.6 Å². The predicted octanol–water partition coefficient (Wildman–Crippen LogP) is 5.12. The van der Waals surface area contributed by atoms with Gasteiger partial charge in [-0.15, -0.1) is 0 Å². The molecular weight excluding hydrogens is 308 g/mol. The van der Waals surface area contributed by atoms with Gasteiger partial charge in [-0.1, -0.05) is 27.7 Å². The van der Waals surface area contributed by atoms with Crippen LogP contribution in [0.1, 0.15) is 50.8 Å². The third kappa shape index (κ3) is 3.28. The summed E-state index contributed by atoms with van der Waals surface area (Å²) in [6, 6.07) is 2.73. The molecule has 0 aliphatic rings. The average Bonchev–Trinajstić information content (AvgIpc) is 2.45. The summed E-state index contributed by atoms with van der Waals surface area (Å²) in [5, 5.41) is 0. The molecular formula is C20H25F2NO. The molecule has 0 unspecified atom stereocenters. The van der Waals surface area contributed by atoms with Crippen molar-refractivity contribution in [3.63, 3.8) is 0 Å². The highest BCUT2D eigenvalue weighted by Crippen LogP contribution is 2.33. The molecule has 0 fully saturated rings. The lowest BCUT2D eigenvalue weighted by Crippen LogP contribution is -2.23. The Kier molecular flexibility index (Phi) is 4.97. The molecule has 0 spiro atoms. The molecule has 0 saturated carbocycles. The zero-order valence-electron chi connectivity index (χ0n) is 15.3. The summed E-state index contributed by atoms with van der Waals surface area (Å²) in [4.78, 5) is 12.3. The van der Waals surface area contributed by atoms with Crippen LogP contribution in [0.2, 0.25) is 0 Å². The summed E-state index contributed by atoms with van der Waals surface area (Å²) in [6.45, 7) is 11.5. The second-order valence-electron chi connectivity index (χ2n) is 7.36. The Morgan fingerprint density at radius 3 is 2.04 bits per heavy atom. The lowest BCUT2D eigenvalue weighted by atomic mass is 9.85. The fourth-order valence-corrected chi connectivity index (χ4v) is 3.03. The van der Waals surface area contributed by atoms with Crippen LogP contribution in [-0.2, 0) is 12.0 Å². The Morgan fingerprint density at radius 2 is 1.58 bits per heavy atom. The van der Waals surface area contributed by atoms with E-state index in [0.29, 0.717) is 23.2 Å². The molecule has 130 valence electrons. The maximum atomic E-state index is 14.5. The van der Waals surface area contributed by atoms with Gasteiger partial charge in [0.15, 0.2) is 0 Å². The number of rotatable bonds is 3. The van der Waals surface area contributed by atoms with Crippen LogP contribution >= 0.6 is 0 Å². The molecule has 1 aromatic heterocycles. The molecule has 1 heterocycles. The zero-order chi connectivity index (χ0) is 18.2. The standard InChI is InChI=1S/C20H25F2NO/c1-7-8-23-11-15(12(2)13(3)19(23)24)14-9-16(21)18(17(22)10-14)20(4,5)6/h9-11H,7-8H2,1-6H3. The molecule has 24 heavy (non-hydrogen) atoms. The van der Waals surface area contributed by atoms with Gasteiger partial charge in [-0.25, -0.2) is 8.78 Å². The lowest BCUT2D eigenvalue weighted by molar-refractivity contribution is 0.476. The molecule has 0 aliphatic heterocycles. The summed E-state index contributed by atoms with van der Waals surface area (Å²) < 4.78 is 30.7. The van der Waals surface area contributed by atoms with Gasteiger partial charge >= 0.3 is 0 Å². The molecule has 4 heteroatoms. The second-order valence-corrected chi connectivity index (χ2v) is 7.36. The molecule has 0 N–H and O–H groups in total. The van der Waals surface area contributed by atoms with Crippen LogP contribution in [0.25, 0.3) is 11.1 Å². The molecule has 0 radical (unpaired) electrons. The molecule has 0 aliphatic carbocycles. The fourth-order valence-electron chi connectivity index (χ4n) is 3.03. The van der Waals surface area contributed by atoms with Crippen LogP contribution in [-0.4, -0.2) is 4.57 Å². The van der Waals surface area contributed by atoms with Gasteiger partial charge in [0.1, 0.15) is 11.6 Å². The number of hydrogen-bond donors (Lipinski definition) is 0. The Morgan fingerprint density at radius 1 is 1.04 bits per heavy atom. The van der Waals surface area contributed by atoms with E-state index in [1.807, 2.05) is 13.8 Å². The van der Waals surface area contributed by atoms with E-state index in [0.717, 1.165) is 12.0 Å². The third-order valence-electron chi connectivity index (χ3n) is 4.40. The number of aryl methyl sites for hydroxylation is 1. The number of nitrogens with zero attached hydrogens (tertiary/aromatic N) is 1. The van der Waals surface area contributed by atoms with Crippen molar-refractivity contribution in [2.45, 2.75) is 59.9 Å². The summed E-state index contributed by atoms with van der Waals surface area (Å²) >= 11 is 0. The van der Waals surface area contributed by atoms with Gasteiger partial charge in [0, 0.05) is 29.4 Å². The van der Waals surface area contributed by atoms with Crippen LogP contribution < -0.4 is 5.56 Å². The normalized spacial score (nSPS) is 11.8. The smallest absolute Gasteiger partial charge is 0.253 e. The summed E-state index contributed by atoms with van der Waals surface area (Å²) in [6.07, 6.45) is 2.52. The van der Waals surface area contributed by atoms with E-state index >= 15 is 0 Å². The highest BCUT2D eigenvalue weighted by atomic mass is 19.1. The molecule has 1 aromatic carbocycles. The number of benzene rings is 1. The number of pyridine rings is 1. The van der Waals surface area contributed by atoms with E-state index in [-0.39, 0.29) is 11.1 Å². The minimum Gasteiger partial charge on any atom is -0.315 e. The van der Waals surface area contributed by atoms with Gasteiger partial charge in [0.25, 0.3) is 5.56 Å². The third-order valence-corrected chi connectivity index (χ3v) is 4.40. The van der Waals surface area contributed by atoms with E-state index in [1.54, 1.807) is 38.5 Å². The molecule has 2 nitrogen and oxygen atoms in total. The van der Waals surface area contributed by atoms with Gasteiger partial charge in [0.2, 0.25) is 0 Å². The monoisotopic (exact) mass is 333 g/mol. The Labute approximate surface area is 142 Å². The second kappa shape index (κ2) is 6.50. The first-order valence-electron chi connectivity index (χ1n) is 8.28. The quantitative estimate of drug-likeness (QED) is 0.764. The minimum absolute atomic E-state index is 0.0506. The van der Waals surface area contributed by atoms with Gasteiger partial charge in [-0.3, -0.25) is 4.79 Å². The Balaban J connectivity index is 2.72. The topological polar surface area (TPSA) is 22.0 Å². The summed E-state index contributed by atoms with van der Waals surface area (Å²) in [5.41, 5.74) is 1.95. The first kappa shape index (κ1) is 18.4. The van der Waals surface area contributed by atoms with Crippen LogP contribution in [0.3, 0.4) is 0 Å². The summed E-state index contributed by atoms with van der Waals surface area (Å²) in [7, 11) is 0. The fraction of sp³-hybridized carbons (Fsp3) is 0.450. The molecule has 0 amide bonds. The molecule has 0 saturated heterocycles. The van der Waals surface area contributed by atoms with E-state index in [1.165, 1.54) is 12.1 Å². The first-order valence-corrected chi connectivity index (χ1v) is 8.28. The Hall–Kier alpha value is -1.97. The van der Waals surface area contributed by atoms with Crippen LogP contribution in [0.15, 0.2) is 23.1 Å². The molecule has 0 bridgehead atoms.